The summed E-state index contributed by atoms with van der Waals surface area (Å²) in [5.74, 6) is -0.750. The Morgan fingerprint density at radius 3 is 2.79 bits per heavy atom. The highest BCUT2D eigenvalue weighted by Gasteiger charge is 2.19. The van der Waals surface area contributed by atoms with Gasteiger partial charge in [0.2, 0.25) is 0 Å². The van der Waals surface area contributed by atoms with Crippen LogP contribution in [0.4, 0.5) is 5.82 Å². The summed E-state index contributed by atoms with van der Waals surface area (Å²) in [6, 6.07) is 1.17. The van der Waals surface area contributed by atoms with Gasteiger partial charge in [0.05, 0.1) is 12.7 Å². The number of hydrogen-bond acceptors (Lipinski definition) is 4. The first-order chi connectivity index (χ1) is 6.56. The van der Waals surface area contributed by atoms with Gasteiger partial charge >= 0.3 is 11.8 Å². The second-order valence-electron chi connectivity index (χ2n) is 2.67. The van der Waals surface area contributed by atoms with Gasteiger partial charge in [0.1, 0.15) is 11.3 Å². The maximum atomic E-state index is 11.2. The third kappa shape index (κ3) is 1.90. The first kappa shape index (κ1) is 10.2. The fourth-order valence-corrected chi connectivity index (χ4v) is 1.06. The van der Waals surface area contributed by atoms with Crippen molar-refractivity contribution in [3.63, 3.8) is 0 Å². The summed E-state index contributed by atoms with van der Waals surface area (Å²) < 4.78 is 4.72. The lowest BCUT2D eigenvalue weighted by Crippen LogP contribution is -2.04. The number of carbonyl (C=O) groups is 1. The largest absolute Gasteiger partial charge is 0.462 e. The average molecular weight is 198 g/mol. The van der Waals surface area contributed by atoms with Gasteiger partial charge in [-0.1, -0.05) is 0 Å². The van der Waals surface area contributed by atoms with E-state index in [0.29, 0.717) is 5.69 Å². The summed E-state index contributed by atoms with van der Waals surface area (Å²) in [6.07, 6.45) is 0. The maximum Gasteiger partial charge on any atom is 0.342 e. The molecular formula is C8H10N2O4. The van der Waals surface area contributed by atoms with Gasteiger partial charge in [-0.15, -0.1) is 0 Å². The molecule has 1 aromatic rings. The van der Waals surface area contributed by atoms with Crippen LogP contribution < -0.4 is 0 Å². The molecule has 76 valence electrons. The molecule has 0 saturated carbocycles. The molecule has 0 aromatic carbocycles. The summed E-state index contributed by atoms with van der Waals surface area (Å²) >= 11 is 0. The maximum absolute atomic E-state index is 11.2. The SMILES string of the molecule is CCOC(=O)c1cc([N+](=O)[O-])[nH]c1C. The number of nitrogens with one attached hydrogen (secondary N) is 1. The van der Waals surface area contributed by atoms with Gasteiger partial charge in [0.15, 0.2) is 0 Å². The summed E-state index contributed by atoms with van der Waals surface area (Å²) in [5, 5.41) is 10.4. The molecule has 0 atom stereocenters. The number of hydrogen-bond donors (Lipinski definition) is 1. The molecule has 1 N–H and O–H groups in total. The lowest BCUT2D eigenvalue weighted by Gasteiger charge is -1.97. The van der Waals surface area contributed by atoms with E-state index in [4.69, 9.17) is 4.74 Å². The first-order valence-corrected chi connectivity index (χ1v) is 4.07. The fraction of sp³-hybridized carbons (Fsp3) is 0.375. The van der Waals surface area contributed by atoms with Gasteiger partial charge < -0.3 is 14.9 Å². The van der Waals surface area contributed by atoms with Crippen molar-refractivity contribution in [2.45, 2.75) is 13.8 Å². The van der Waals surface area contributed by atoms with Crippen LogP contribution >= 0.6 is 0 Å². The molecule has 0 radical (unpaired) electrons. The van der Waals surface area contributed by atoms with Gasteiger partial charge in [0, 0.05) is 0 Å². The predicted molar refractivity (Wildman–Crippen MR) is 48.1 cm³/mol. The molecule has 0 aliphatic carbocycles. The van der Waals surface area contributed by atoms with E-state index in [2.05, 4.69) is 4.98 Å². The minimum absolute atomic E-state index is 0.203. The molecule has 0 fully saturated rings. The van der Waals surface area contributed by atoms with Crippen LogP contribution in [0.15, 0.2) is 6.07 Å². The quantitative estimate of drug-likeness (QED) is 0.452. The zero-order valence-corrected chi connectivity index (χ0v) is 7.86. The van der Waals surface area contributed by atoms with Crippen LogP contribution in [-0.2, 0) is 4.74 Å². The molecule has 0 bridgehead atoms. The smallest absolute Gasteiger partial charge is 0.342 e. The first-order valence-electron chi connectivity index (χ1n) is 4.07. The van der Waals surface area contributed by atoms with Crippen molar-refractivity contribution in [1.82, 2.24) is 4.98 Å². The number of aromatic nitrogens is 1. The minimum atomic E-state index is -0.588. The van der Waals surface area contributed by atoms with E-state index < -0.39 is 10.9 Å². The van der Waals surface area contributed by atoms with Crippen molar-refractivity contribution in [3.05, 3.63) is 27.4 Å². The number of ether oxygens (including phenoxy) is 1. The van der Waals surface area contributed by atoms with Gasteiger partial charge in [-0.05, 0) is 18.8 Å². The molecule has 1 heterocycles. The zero-order chi connectivity index (χ0) is 10.7. The molecule has 0 saturated heterocycles. The molecule has 14 heavy (non-hydrogen) atoms. The Hall–Kier alpha value is -1.85. The molecule has 6 nitrogen and oxygen atoms in total. The molecule has 0 amide bonds. The van der Waals surface area contributed by atoms with E-state index in [1.165, 1.54) is 6.07 Å². The van der Waals surface area contributed by atoms with E-state index in [1.54, 1.807) is 13.8 Å². The Morgan fingerprint density at radius 1 is 1.71 bits per heavy atom. The molecule has 0 aliphatic rings. The van der Waals surface area contributed by atoms with Crippen LogP contribution in [0, 0.1) is 17.0 Å². The summed E-state index contributed by atoms with van der Waals surface area (Å²) in [6.45, 7) is 3.50. The Bertz CT molecular complexity index is 369. The minimum Gasteiger partial charge on any atom is -0.462 e. The van der Waals surface area contributed by atoms with Crippen LogP contribution in [0.3, 0.4) is 0 Å². The topological polar surface area (TPSA) is 85.2 Å². The lowest BCUT2D eigenvalue weighted by molar-refractivity contribution is -0.389. The molecule has 0 aliphatic heterocycles. The van der Waals surface area contributed by atoms with Crippen molar-refractivity contribution < 1.29 is 14.5 Å². The second-order valence-corrected chi connectivity index (χ2v) is 2.67. The number of carbonyl (C=O) groups excluding carboxylic acids is 1. The standard InChI is InChI=1S/C8H10N2O4/c1-3-14-8(11)6-4-7(10(12)13)9-5(6)2/h4,9H,3H2,1-2H3. The lowest BCUT2D eigenvalue weighted by atomic mass is 10.2. The summed E-state index contributed by atoms with van der Waals surface area (Å²) in [7, 11) is 0. The fourth-order valence-electron chi connectivity index (χ4n) is 1.06. The Kier molecular flexibility index (Phi) is 2.85. The highest BCUT2D eigenvalue weighted by Crippen LogP contribution is 2.16. The van der Waals surface area contributed by atoms with Crippen LogP contribution in [0.2, 0.25) is 0 Å². The Balaban J connectivity index is 2.98. The summed E-state index contributed by atoms with van der Waals surface area (Å²) in [5.41, 5.74) is 0.647. The van der Waals surface area contributed by atoms with Crippen LogP contribution in [-0.4, -0.2) is 22.5 Å². The third-order valence-electron chi connectivity index (χ3n) is 1.69. The van der Waals surface area contributed by atoms with Crippen molar-refractivity contribution in [2.24, 2.45) is 0 Å². The van der Waals surface area contributed by atoms with E-state index in [-0.39, 0.29) is 18.0 Å². The zero-order valence-electron chi connectivity index (χ0n) is 7.86. The van der Waals surface area contributed by atoms with Crippen LogP contribution in [0.25, 0.3) is 0 Å². The van der Waals surface area contributed by atoms with Crippen molar-refractivity contribution in [2.75, 3.05) is 6.61 Å². The van der Waals surface area contributed by atoms with Crippen molar-refractivity contribution >= 4 is 11.8 Å². The number of aryl methyl sites for hydroxylation is 1. The molecular weight excluding hydrogens is 188 g/mol. The van der Waals surface area contributed by atoms with Crippen molar-refractivity contribution in [1.29, 1.82) is 0 Å². The van der Waals surface area contributed by atoms with Crippen LogP contribution in [0.1, 0.15) is 23.0 Å². The van der Waals surface area contributed by atoms with Gasteiger partial charge in [-0.25, -0.2) is 9.78 Å². The Labute approximate surface area is 80.0 Å². The normalized spacial score (nSPS) is 9.86. The molecule has 0 unspecified atom stereocenters. The number of aromatic amines is 1. The number of esters is 1. The molecule has 1 aromatic heterocycles. The number of rotatable bonds is 3. The monoisotopic (exact) mass is 198 g/mol. The highest BCUT2D eigenvalue weighted by atomic mass is 16.6. The van der Waals surface area contributed by atoms with Gasteiger partial charge in [0.25, 0.3) is 0 Å². The van der Waals surface area contributed by atoms with E-state index in [0.717, 1.165) is 0 Å². The second kappa shape index (κ2) is 3.91. The number of nitrogens with zero attached hydrogens (tertiary/aromatic N) is 1. The Morgan fingerprint density at radius 2 is 2.36 bits per heavy atom. The number of H-pyrrole nitrogens is 1. The van der Waals surface area contributed by atoms with Crippen molar-refractivity contribution in [3.8, 4) is 0 Å². The van der Waals surface area contributed by atoms with E-state index >= 15 is 0 Å². The average Bonchev–Trinajstić information content (AvgIpc) is 2.48. The predicted octanol–water partition coefficient (Wildman–Crippen LogP) is 1.41. The third-order valence-corrected chi connectivity index (χ3v) is 1.69. The number of nitro groups is 1. The van der Waals surface area contributed by atoms with Crippen LogP contribution in [0.5, 0.6) is 0 Å². The molecule has 1 rings (SSSR count). The molecule has 6 heteroatoms. The van der Waals surface area contributed by atoms with Gasteiger partial charge in [-0.2, -0.15) is 0 Å². The van der Waals surface area contributed by atoms with E-state index in [1.807, 2.05) is 0 Å². The van der Waals surface area contributed by atoms with E-state index in [9.17, 15) is 14.9 Å². The molecule has 0 spiro atoms. The summed E-state index contributed by atoms with van der Waals surface area (Å²) in [4.78, 5) is 23.5. The van der Waals surface area contributed by atoms with Gasteiger partial charge in [-0.3, -0.25) is 0 Å². The highest BCUT2D eigenvalue weighted by molar-refractivity contribution is 5.91.